The SMILES string of the molecule is CCCN=C(N)Nc1ccc(F)c(Cl)c1. The normalized spacial score (nSPS) is 11.5. The van der Waals surface area contributed by atoms with Gasteiger partial charge < -0.3 is 11.1 Å². The second-order valence-electron chi connectivity index (χ2n) is 3.02. The van der Waals surface area contributed by atoms with Crippen LogP contribution >= 0.6 is 11.6 Å². The third kappa shape index (κ3) is 3.75. The number of benzene rings is 1. The molecule has 0 amide bonds. The summed E-state index contributed by atoms with van der Waals surface area (Å²) in [6.45, 7) is 2.67. The van der Waals surface area contributed by atoms with Crippen LogP contribution in [0.15, 0.2) is 23.2 Å². The summed E-state index contributed by atoms with van der Waals surface area (Å²) >= 11 is 5.61. The topological polar surface area (TPSA) is 50.4 Å². The van der Waals surface area contributed by atoms with Crippen LogP contribution in [0.25, 0.3) is 0 Å². The van der Waals surface area contributed by atoms with Crippen molar-refractivity contribution >= 4 is 23.2 Å². The molecule has 0 bridgehead atoms. The zero-order valence-electron chi connectivity index (χ0n) is 8.43. The van der Waals surface area contributed by atoms with Crippen LogP contribution in [0.4, 0.5) is 10.1 Å². The van der Waals surface area contributed by atoms with Crippen LogP contribution in [0.1, 0.15) is 13.3 Å². The van der Waals surface area contributed by atoms with E-state index in [2.05, 4.69) is 10.3 Å². The van der Waals surface area contributed by atoms with Gasteiger partial charge in [0.25, 0.3) is 0 Å². The lowest BCUT2D eigenvalue weighted by molar-refractivity contribution is 0.628. The molecule has 15 heavy (non-hydrogen) atoms. The van der Waals surface area contributed by atoms with E-state index in [0.29, 0.717) is 18.2 Å². The van der Waals surface area contributed by atoms with Crippen LogP contribution in [0, 0.1) is 5.82 Å². The fraction of sp³-hybridized carbons (Fsp3) is 0.300. The summed E-state index contributed by atoms with van der Waals surface area (Å²) in [7, 11) is 0. The molecule has 1 aromatic rings. The van der Waals surface area contributed by atoms with Crippen LogP contribution in [0.2, 0.25) is 5.02 Å². The number of guanidine groups is 1. The molecule has 0 aromatic heterocycles. The highest BCUT2D eigenvalue weighted by molar-refractivity contribution is 6.31. The zero-order valence-corrected chi connectivity index (χ0v) is 9.18. The van der Waals surface area contributed by atoms with Crippen LogP contribution in [-0.4, -0.2) is 12.5 Å². The number of rotatable bonds is 3. The van der Waals surface area contributed by atoms with Gasteiger partial charge in [-0.15, -0.1) is 0 Å². The van der Waals surface area contributed by atoms with Crippen molar-refractivity contribution in [3.8, 4) is 0 Å². The highest BCUT2D eigenvalue weighted by Gasteiger charge is 2.01. The Bertz CT molecular complexity index is 366. The van der Waals surface area contributed by atoms with Gasteiger partial charge in [0.15, 0.2) is 5.96 Å². The van der Waals surface area contributed by atoms with Crippen molar-refractivity contribution in [1.29, 1.82) is 0 Å². The number of aliphatic imine (C=N–C) groups is 1. The third-order valence-electron chi connectivity index (χ3n) is 1.70. The van der Waals surface area contributed by atoms with E-state index < -0.39 is 5.82 Å². The second kappa shape index (κ2) is 5.56. The van der Waals surface area contributed by atoms with Crippen molar-refractivity contribution in [1.82, 2.24) is 0 Å². The van der Waals surface area contributed by atoms with Gasteiger partial charge in [-0.25, -0.2) is 4.39 Å². The van der Waals surface area contributed by atoms with E-state index in [1.807, 2.05) is 6.92 Å². The Morgan fingerprint density at radius 2 is 2.33 bits per heavy atom. The van der Waals surface area contributed by atoms with Gasteiger partial charge in [0.2, 0.25) is 0 Å². The van der Waals surface area contributed by atoms with E-state index >= 15 is 0 Å². The molecule has 0 saturated carbocycles. The largest absolute Gasteiger partial charge is 0.370 e. The molecule has 3 nitrogen and oxygen atoms in total. The maximum atomic E-state index is 12.8. The summed E-state index contributed by atoms with van der Waals surface area (Å²) in [4.78, 5) is 4.04. The molecule has 5 heteroatoms. The van der Waals surface area contributed by atoms with E-state index in [-0.39, 0.29) is 5.02 Å². The van der Waals surface area contributed by atoms with Crippen LogP contribution in [-0.2, 0) is 0 Å². The molecule has 82 valence electrons. The smallest absolute Gasteiger partial charge is 0.193 e. The van der Waals surface area contributed by atoms with E-state index in [1.165, 1.54) is 12.1 Å². The van der Waals surface area contributed by atoms with Crippen molar-refractivity contribution in [2.24, 2.45) is 10.7 Å². The first-order valence-electron chi connectivity index (χ1n) is 4.65. The Balaban J connectivity index is 2.68. The minimum atomic E-state index is -0.453. The maximum Gasteiger partial charge on any atom is 0.193 e. The fourth-order valence-electron chi connectivity index (χ4n) is 0.994. The van der Waals surface area contributed by atoms with E-state index in [4.69, 9.17) is 17.3 Å². The van der Waals surface area contributed by atoms with Crippen molar-refractivity contribution in [2.75, 3.05) is 11.9 Å². The van der Waals surface area contributed by atoms with Crippen LogP contribution in [0.3, 0.4) is 0 Å². The summed E-state index contributed by atoms with van der Waals surface area (Å²) in [5, 5.41) is 2.88. The van der Waals surface area contributed by atoms with E-state index in [1.54, 1.807) is 6.07 Å². The minimum Gasteiger partial charge on any atom is -0.370 e. The summed E-state index contributed by atoms with van der Waals surface area (Å²) in [6.07, 6.45) is 0.923. The predicted molar refractivity (Wildman–Crippen MR) is 61.8 cm³/mol. The molecule has 0 aliphatic heterocycles. The number of nitrogens with one attached hydrogen (secondary N) is 1. The van der Waals surface area contributed by atoms with Crippen molar-refractivity contribution in [3.63, 3.8) is 0 Å². The monoisotopic (exact) mass is 229 g/mol. The Morgan fingerprint density at radius 1 is 1.60 bits per heavy atom. The van der Waals surface area contributed by atoms with Crippen molar-refractivity contribution in [2.45, 2.75) is 13.3 Å². The van der Waals surface area contributed by atoms with E-state index in [9.17, 15) is 4.39 Å². The Hall–Kier alpha value is -1.29. The van der Waals surface area contributed by atoms with Gasteiger partial charge in [-0.05, 0) is 24.6 Å². The molecular weight excluding hydrogens is 217 g/mol. The molecule has 0 saturated heterocycles. The summed E-state index contributed by atoms with van der Waals surface area (Å²) in [5.74, 6) is -0.147. The van der Waals surface area contributed by atoms with Gasteiger partial charge in [0, 0.05) is 12.2 Å². The molecule has 0 aliphatic carbocycles. The number of nitrogens with two attached hydrogens (primary N) is 1. The number of nitrogens with zero attached hydrogens (tertiary/aromatic N) is 1. The lowest BCUT2D eigenvalue weighted by Gasteiger charge is -2.05. The first kappa shape index (κ1) is 11.8. The molecule has 0 aliphatic rings. The molecule has 1 rings (SSSR count). The molecule has 0 unspecified atom stereocenters. The van der Waals surface area contributed by atoms with Crippen LogP contribution in [0.5, 0.6) is 0 Å². The average molecular weight is 230 g/mol. The minimum absolute atomic E-state index is 0.0586. The van der Waals surface area contributed by atoms with Gasteiger partial charge in [0.05, 0.1) is 5.02 Å². The highest BCUT2D eigenvalue weighted by atomic mass is 35.5. The Morgan fingerprint density at radius 3 is 2.93 bits per heavy atom. The summed E-state index contributed by atoms with van der Waals surface area (Å²) in [5.41, 5.74) is 6.21. The summed E-state index contributed by atoms with van der Waals surface area (Å²) < 4.78 is 12.8. The standard InChI is InChI=1S/C10H13ClFN3/c1-2-5-14-10(13)15-7-3-4-9(12)8(11)6-7/h3-4,6H,2,5H2,1H3,(H3,13,14,15). The second-order valence-corrected chi connectivity index (χ2v) is 3.43. The van der Waals surface area contributed by atoms with Crippen molar-refractivity contribution in [3.05, 3.63) is 29.0 Å². The van der Waals surface area contributed by atoms with E-state index in [0.717, 1.165) is 6.42 Å². The van der Waals surface area contributed by atoms with Crippen molar-refractivity contribution < 1.29 is 4.39 Å². The molecular formula is C10H13ClFN3. The Kier molecular flexibility index (Phi) is 4.37. The average Bonchev–Trinajstić information content (AvgIpc) is 2.20. The first-order chi connectivity index (χ1) is 7.13. The zero-order chi connectivity index (χ0) is 11.3. The number of anilines is 1. The lowest BCUT2D eigenvalue weighted by Crippen LogP contribution is -2.22. The maximum absolute atomic E-state index is 12.8. The number of hydrogen-bond acceptors (Lipinski definition) is 1. The Labute approximate surface area is 93.1 Å². The van der Waals surface area contributed by atoms with Crippen LogP contribution < -0.4 is 11.1 Å². The summed E-state index contributed by atoms with van der Waals surface area (Å²) in [6, 6.07) is 4.29. The van der Waals surface area contributed by atoms with Gasteiger partial charge in [-0.1, -0.05) is 18.5 Å². The quantitative estimate of drug-likeness (QED) is 0.618. The molecule has 0 spiro atoms. The highest BCUT2D eigenvalue weighted by Crippen LogP contribution is 2.18. The first-order valence-corrected chi connectivity index (χ1v) is 5.03. The third-order valence-corrected chi connectivity index (χ3v) is 1.99. The molecule has 0 radical (unpaired) electrons. The number of hydrogen-bond donors (Lipinski definition) is 2. The fourth-order valence-corrected chi connectivity index (χ4v) is 1.17. The molecule has 0 heterocycles. The molecule has 0 atom stereocenters. The van der Waals surface area contributed by atoms with Gasteiger partial charge in [0.1, 0.15) is 5.82 Å². The lowest BCUT2D eigenvalue weighted by atomic mass is 10.3. The number of halogens is 2. The van der Waals surface area contributed by atoms with Gasteiger partial charge in [-0.3, -0.25) is 4.99 Å². The molecule has 0 fully saturated rings. The predicted octanol–water partition coefficient (Wildman–Crippen LogP) is 2.62. The molecule has 1 aromatic carbocycles. The van der Waals surface area contributed by atoms with Gasteiger partial charge in [-0.2, -0.15) is 0 Å². The molecule has 3 N–H and O–H groups in total. The van der Waals surface area contributed by atoms with Gasteiger partial charge >= 0.3 is 0 Å².